The van der Waals surface area contributed by atoms with E-state index in [-0.39, 0.29) is 11.5 Å². The molecule has 1 amide bonds. The molecule has 0 aliphatic carbocycles. The van der Waals surface area contributed by atoms with Crippen molar-refractivity contribution in [1.29, 1.82) is 0 Å². The van der Waals surface area contributed by atoms with E-state index in [4.69, 9.17) is 0 Å². The number of H-pyrrole nitrogens is 1. The van der Waals surface area contributed by atoms with Crippen molar-refractivity contribution in [1.82, 2.24) is 24.6 Å². The van der Waals surface area contributed by atoms with E-state index in [9.17, 15) is 9.59 Å². The van der Waals surface area contributed by atoms with Gasteiger partial charge in [-0.05, 0) is 29.7 Å². The lowest BCUT2D eigenvalue weighted by Crippen LogP contribution is -2.49. The van der Waals surface area contributed by atoms with Crippen molar-refractivity contribution in [2.75, 3.05) is 32.7 Å². The molecule has 26 heavy (non-hydrogen) atoms. The molecule has 0 atom stereocenters. The van der Waals surface area contributed by atoms with E-state index in [2.05, 4.69) is 15.0 Å². The number of fused-ring (bicyclic) bond motifs is 1. The molecule has 3 heterocycles. The average molecular weight is 351 g/mol. The van der Waals surface area contributed by atoms with Crippen LogP contribution in [-0.4, -0.2) is 63.2 Å². The van der Waals surface area contributed by atoms with Crippen LogP contribution in [-0.2, 0) is 6.54 Å². The first-order valence-electron chi connectivity index (χ1n) is 8.82. The molecule has 0 bridgehead atoms. The Bertz CT molecular complexity index is 969. The predicted molar refractivity (Wildman–Crippen MR) is 99.1 cm³/mol. The van der Waals surface area contributed by atoms with Gasteiger partial charge in [-0.25, -0.2) is 4.68 Å². The second kappa shape index (κ2) is 7.13. The van der Waals surface area contributed by atoms with Crippen LogP contribution in [0.25, 0.3) is 10.9 Å². The summed E-state index contributed by atoms with van der Waals surface area (Å²) in [4.78, 5) is 31.7. The zero-order valence-electron chi connectivity index (χ0n) is 14.5. The molecule has 0 saturated carbocycles. The monoisotopic (exact) mass is 351 g/mol. The largest absolute Gasteiger partial charge is 0.361 e. The number of piperazine rings is 1. The molecule has 3 aromatic rings. The molecule has 7 heteroatoms. The lowest BCUT2D eigenvalue weighted by Gasteiger charge is -2.34. The van der Waals surface area contributed by atoms with E-state index in [0.717, 1.165) is 30.5 Å². The minimum atomic E-state index is -0.0824. The molecule has 0 spiro atoms. The van der Waals surface area contributed by atoms with E-state index in [1.54, 1.807) is 12.3 Å². The fourth-order valence-electron chi connectivity index (χ4n) is 3.33. The Labute approximate surface area is 150 Å². The molecule has 1 N–H and O–H groups in total. The van der Waals surface area contributed by atoms with Gasteiger partial charge in [-0.1, -0.05) is 6.07 Å². The maximum atomic E-state index is 12.7. The number of hydrogen-bond donors (Lipinski definition) is 1. The molecule has 134 valence electrons. The zero-order chi connectivity index (χ0) is 17.9. The highest BCUT2D eigenvalue weighted by Gasteiger charge is 2.22. The van der Waals surface area contributed by atoms with Crippen molar-refractivity contribution in [2.45, 2.75) is 6.54 Å². The Morgan fingerprint density at radius 2 is 1.92 bits per heavy atom. The second-order valence-corrected chi connectivity index (χ2v) is 6.50. The molecule has 1 aromatic carbocycles. The highest BCUT2D eigenvalue weighted by atomic mass is 16.2. The Kier molecular flexibility index (Phi) is 4.53. The Morgan fingerprint density at radius 3 is 2.73 bits per heavy atom. The highest BCUT2D eigenvalue weighted by Crippen LogP contribution is 2.16. The summed E-state index contributed by atoms with van der Waals surface area (Å²) in [5.41, 5.74) is 1.62. The standard InChI is InChI=1S/C19H21N5O2/c25-18-2-1-6-21-24(18)13-10-22-8-11-23(12-9-22)19(26)16-4-3-15-5-7-20-17(15)14-16/h1-7,14,20H,8-13H2. The van der Waals surface area contributed by atoms with Crippen LogP contribution in [0.1, 0.15) is 10.4 Å². The van der Waals surface area contributed by atoms with E-state index >= 15 is 0 Å². The third-order valence-electron chi connectivity index (χ3n) is 4.87. The van der Waals surface area contributed by atoms with Gasteiger partial charge in [0.2, 0.25) is 0 Å². The summed E-state index contributed by atoms with van der Waals surface area (Å²) >= 11 is 0. The van der Waals surface area contributed by atoms with Crippen molar-refractivity contribution < 1.29 is 4.79 Å². The quantitative estimate of drug-likeness (QED) is 0.766. The number of aromatic nitrogens is 3. The fourth-order valence-corrected chi connectivity index (χ4v) is 3.33. The third kappa shape index (κ3) is 3.39. The number of hydrogen-bond acceptors (Lipinski definition) is 4. The summed E-state index contributed by atoms with van der Waals surface area (Å²) < 4.78 is 1.48. The van der Waals surface area contributed by atoms with E-state index in [1.807, 2.05) is 35.4 Å². The normalized spacial score (nSPS) is 15.5. The number of amides is 1. The van der Waals surface area contributed by atoms with Crippen LogP contribution in [0, 0.1) is 0 Å². The van der Waals surface area contributed by atoms with Crippen LogP contribution in [0.5, 0.6) is 0 Å². The number of rotatable bonds is 4. The van der Waals surface area contributed by atoms with Gasteiger partial charge in [-0.2, -0.15) is 5.10 Å². The van der Waals surface area contributed by atoms with E-state index < -0.39 is 0 Å². The van der Waals surface area contributed by atoms with Crippen molar-refractivity contribution in [3.05, 3.63) is 64.7 Å². The maximum absolute atomic E-state index is 12.7. The minimum absolute atomic E-state index is 0.0714. The summed E-state index contributed by atoms with van der Waals surface area (Å²) in [7, 11) is 0. The van der Waals surface area contributed by atoms with Crippen LogP contribution in [0.2, 0.25) is 0 Å². The molecule has 0 unspecified atom stereocenters. The molecule has 1 aliphatic rings. The van der Waals surface area contributed by atoms with Gasteiger partial charge >= 0.3 is 0 Å². The third-order valence-corrected chi connectivity index (χ3v) is 4.87. The minimum Gasteiger partial charge on any atom is -0.361 e. The number of nitrogens with zero attached hydrogens (tertiary/aromatic N) is 4. The molecule has 1 saturated heterocycles. The summed E-state index contributed by atoms with van der Waals surface area (Å²) in [6.07, 6.45) is 3.50. The van der Waals surface area contributed by atoms with Crippen LogP contribution in [0.15, 0.2) is 53.6 Å². The van der Waals surface area contributed by atoms with Crippen LogP contribution in [0.3, 0.4) is 0 Å². The lowest BCUT2D eigenvalue weighted by atomic mass is 10.1. The van der Waals surface area contributed by atoms with Gasteiger partial charge in [0.05, 0.1) is 6.54 Å². The number of carbonyl (C=O) groups is 1. The maximum Gasteiger partial charge on any atom is 0.266 e. The van der Waals surface area contributed by atoms with Crippen LogP contribution in [0.4, 0.5) is 0 Å². The molecule has 1 aliphatic heterocycles. The van der Waals surface area contributed by atoms with E-state index in [1.165, 1.54) is 10.7 Å². The molecule has 4 rings (SSSR count). The van der Waals surface area contributed by atoms with E-state index in [0.29, 0.717) is 25.2 Å². The van der Waals surface area contributed by atoms with Gasteiger partial charge < -0.3 is 9.88 Å². The molecule has 2 aromatic heterocycles. The van der Waals surface area contributed by atoms with Crippen LogP contribution >= 0.6 is 0 Å². The Balaban J connectivity index is 1.33. The number of aromatic amines is 1. The molecule has 1 fully saturated rings. The van der Waals surface area contributed by atoms with Crippen molar-refractivity contribution >= 4 is 16.8 Å². The molecule has 7 nitrogen and oxygen atoms in total. The second-order valence-electron chi connectivity index (χ2n) is 6.50. The fraction of sp³-hybridized carbons (Fsp3) is 0.316. The number of carbonyl (C=O) groups excluding carboxylic acids is 1. The number of benzene rings is 1. The first kappa shape index (κ1) is 16.5. The SMILES string of the molecule is O=C(c1ccc2cc[nH]c2c1)N1CCN(CCn2ncccc2=O)CC1. The summed E-state index contributed by atoms with van der Waals surface area (Å²) in [5.74, 6) is 0.0714. The van der Waals surface area contributed by atoms with Gasteiger partial charge in [0.15, 0.2) is 0 Å². The average Bonchev–Trinajstić information content (AvgIpc) is 3.15. The van der Waals surface area contributed by atoms with Crippen LogP contribution < -0.4 is 5.56 Å². The van der Waals surface area contributed by atoms with Gasteiger partial charge in [0, 0.05) is 62.3 Å². The van der Waals surface area contributed by atoms with Crippen molar-refractivity contribution in [3.63, 3.8) is 0 Å². The van der Waals surface area contributed by atoms with Crippen molar-refractivity contribution in [3.8, 4) is 0 Å². The summed E-state index contributed by atoms with van der Waals surface area (Å²) in [6.45, 7) is 4.32. The highest BCUT2D eigenvalue weighted by molar-refractivity contribution is 5.98. The lowest BCUT2D eigenvalue weighted by molar-refractivity contribution is 0.0631. The summed E-state index contributed by atoms with van der Waals surface area (Å²) in [6, 6.07) is 10.9. The van der Waals surface area contributed by atoms with Gasteiger partial charge in [0.25, 0.3) is 11.5 Å². The Hall–Kier alpha value is -2.93. The predicted octanol–water partition coefficient (Wildman–Crippen LogP) is 1.18. The molecule has 0 radical (unpaired) electrons. The first-order chi connectivity index (χ1) is 12.7. The Morgan fingerprint density at radius 1 is 1.08 bits per heavy atom. The summed E-state index contributed by atoms with van der Waals surface area (Å²) in [5, 5.41) is 5.18. The van der Waals surface area contributed by atoms with Gasteiger partial charge in [-0.15, -0.1) is 0 Å². The first-order valence-corrected chi connectivity index (χ1v) is 8.82. The van der Waals surface area contributed by atoms with Gasteiger partial charge in [0.1, 0.15) is 0 Å². The van der Waals surface area contributed by atoms with Crippen molar-refractivity contribution in [2.24, 2.45) is 0 Å². The smallest absolute Gasteiger partial charge is 0.266 e. The molecular formula is C19H21N5O2. The zero-order valence-corrected chi connectivity index (χ0v) is 14.5. The van der Waals surface area contributed by atoms with Gasteiger partial charge in [-0.3, -0.25) is 14.5 Å². The number of nitrogens with one attached hydrogen (secondary N) is 1. The topological polar surface area (TPSA) is 74.2 Å². The molecular weight excluding hydrogens is 330 g/mol.